The highest BCUT2D eigenvalue weighted by molar-refractivity contribution is 6.32. The van der Waals surface area contributed by atoms with Crippen LogP contribution in [0.2, 0.25) is 10.0 Å². The highest BCUT2D eigenvalue weighted by Crippen LogP contribution is 2.29. The molecule has 0 spiro atoms. The lowest BCUT2D eigenvalue weighted by Crippen LogP contribution is -2.19. The fraction of sp³-hybridized carbons (Fsp3) is 0. The molecule has 0 bridgehead atoms. The molecule has 0 atom stereocenters. The van der Waals surface area contributed by atoms with Crippen molar-refractivity contribution in [3.8, 4) is 0 Å². The number of aliphatic imine (C=N–C) groups is 1. The van der Waals surface area contributed by atoms with Crippen molar-refractivity contribution < 1.29 is 4.39 Å². The van der Waals surface area contributed by atoms with E-state index in [1.807, 2.05) is 24.3 Å². The first-order valence-electron chi connectivity index (χ1n) is 7.84. The number of nitrogens with zero attached hydrogens (tertiary/aromatic N) is 2. The first-order chi connectivity index (χ1) is 12.6. The van der Waals surface area contributed by atoms with Gasteiger partial charge in [0.05, 0.1) is 5.69 Å². The molecule has 0 aromatic heterocycles. The van der Waals surface area contributed by atoms with Crippen molar-refractivity contribution in [2.75, 3.05) is 0 Å². The average Bonchev–Trinajstić information content (AvgIpc) is 2.83. The Kier molecular flexibility index (Phi) is 4.45. The molecule has 0 fully saturated rings. The zero-order valence-corrected chi connectivity index (χ0v) is 14.9. The van der Waals surface area contributed by atoms with E-state index in [0.29, 0.717) is 27.3 Å². The van der Waals surface area contributed by atoms with E-state index in [0.717, 1.165) is 16.7 Å². The smallest absolute Gasteiger partial charge is 0.154 e. The van der Waals surface area contributed by atoms with Crippen molar-refractivity contribution in [2.24, 2.45) is 10.1 Å². The van der Waals surface area contributed by atoms with E-state index >= 15 is 0 Å². The molecule has 0 saturated carbocycles. The zero-order chi connectivity index (χ0) is 18.1. The van der Waals surface area contributed by atoms with Crippen LogP contribution in [0.1, 0.15) is 16.7 Å². The molecule has 0 unspecified atom stereocenters. The summed E-state index contributed by atoms with van der Waals surface area (Å²) in [5, 5.41) is 5.76. The maximum atomic E-state index is 13.2. The fourth-order valence-corrected chi connectivity index (χ4v) is 2.97. The Balaban J connectivity index is 1.85. The summed E-state index contributed by atoms with van der Waals surface area (Å²) in [6.45, 7) is 0. The van der Waals surface area contributed by atoms with Crippen molar-refractivity contribution in [1.82, 2.24) is 5.43 Å². The van der Waals surface area contributed by atoms with Crippen molar-refractivity contribution >= 4 is 40.4 Å². The van der Waals surface area contributed by atoms with Crippen LogP contribution in [-0.2, 0) is 0 Å². The van der Waals surface area contributed by atoms with Gasteiger partial charge >= 0.3 is 0 Å². The predicted molar refractivity (Wildman–Crippen MR) is 104 cm³/mol. The summed E-state index contributed by atoms with van der Waals surface area (Å²) in [7, 11) is 0. The molecule has 0 saturated heterocycles. The molecule has 3 aromatic rings. The lowest BCUT2D eigenvalue weighted by Gasteiger charge is -2.08. The van der Waals surface area contributed by atoms with Crippen molar-refractivity contribution in [3.63, 3.8) is 0 Å². The van der Waals surface area contributed by atoms with E-state index < -0.39 is 0 Å². The first kappa shape index (κ1) is 16.8. The van der Waals surface area contributed by atoms with Gasteiger partial charge in [-0.3, -0.25) is 5.43 Å². The number of fused-ring (bicyclic) bond motifs is 1. The Morgan fingerprint density at radius 2 is 1.42 bits per heavy atom. The van der Waals surface area contributed by atoms with Crippen molar-refractivity contribution in [1.29, 1.82) is 0 Å². The number of amidine groups is 1. The van der Waals surface area contributed by atoms with Crippen LogP contribution in [0.5, 0.6) is 0 Å². The Hall–Kier alpha value is -2.69. The van der Waals surface area contributed by atoms with E-state index in [2.05, 4.69) is 15.5 Å². The van der Waals surface area contributed by atoms with Gasteiger partial charge in [-0.15, -0.1) is 0 Å². The number of rotatable bonds is 2. The average molecular weight is 384 g/mol. The molecule has 1 aliphatic heterocycles. The first-order valence-corrected chi connectivity index (χ1v) is 8.60. The molecule has 1 aliphatic rings. The minimum absolute atomic E-state index is 0.305. The molecular weight excluding hydrogens is 372 g/mol. The van der Waals surface area contributed by atoms with Gasteiger partial charge in [0.2, 0.25) is 0 Å². The van der Waals surface area contributed by atoms with Crippen LogP contribution >= 0.6 is 23.2 Å². The minimum atomic E-state index is -0.305. The molecule has 3 nitrogen and oxygen atoms in total. The maximum absolute atomic E-state index is 13.2. The van der Waals surface area contributed by atoms with Gasteiger partial charge in [0.15, 0.2) is 5.84 Å². The standard InChI is InChI=1S/C20H12Cl2FN3/c21-14-5-1-12(2-6-14)19-17-11-15(22)7-10-18(17)24-20(26-25-19)13-3-8-16(23)9-4-13/h1-11H,(H,24,26). The number of hydrogen-bond donors (Lipinski definition) is 1. The van der Waals surface area contributed by atoms with E-state index in [4.69, 9.17) is 23.2 Å². The number of benzene rings is 3. The molecule has 0 aliphatic carbocycles. The number of hydrogen-bond acceptors (Lipinski definition) is 3. The van der Waals surface area contributed by atoms with Gasteiger partial charge in [-0.1, -0.05) is 35.3 Å². The molecule has 26 heavy (non-hydrogen) atoms. The SMILES string of the molecule is Fc1ccc(C2=Nc3ccc(Cl)cc3C(c3ccc(Cl)cc3)=NN2)cc1. The van der Waals surface area contributed by atoms with Crippen molar-refractivity contribution in [2.45, 2.75) is 0 Å². The third-order valence-corrected chi connectivity index (χ3v) is 4.44. The van der Waals surface area contributed by atoms with Gasteiger partial charge in [0.25, 0.3) is 0 Å². The van der Waals surface area contributed by atoms with Gasteiger partial charge in [0, 0.05) is 26.7 Å². The zero-order valence-electron chi connectivity index (χ0n) is 13.4. The second-order valence-corrected chi connectivity index (χ2v) is 6.58. The Morgan fingerprint density at radius 3 is 2.15 bits per heavy atom. The van der Waals surface area contributed by atoms with Crippen LogP contribution in [0, 0.1) is 5.82 Å². The van der Waals surface area contributed by atoms with E-state index in [-0.39, 0.29) is 5.82 Å². The second kappa shape index (κ2) is 6.90. The van der Waals surface area contributed by atoms with Crippen LogP contribution in [0.15, 0.2) is 76.8 Å². The van der Waals surface area contributed by atoms with Gasteiger partial charge in [-0.25, -0.2) is 9.38 Å². The number of nitrogens with one attached hydrogen (secondary N) is 1. The van der Waals surface area contributed by atoms with Gasteiger partial charge in [-0.2, -0.15) is 5.10 Å². The summed E-state index contributed by atoms with van der Waals surface area (Å²) in [5.74, 6) is 0.220. The monoisotopic (exact) mass is 383 g/mol. The lowest BCUT2D eigenvalue weighted by molar-refractivity contribution is 0.627. The molecule has 6 heteroatoms. The van der Waals surface area contributed by atoms with Gasteiger partial charge in [-0.05, 0) is 54.6 Å². The number of hydrazone groups is 1. The second-order valence-electron chi connectivity index (χ2n) is 5.71. The molecule has 1 N–H and O–H groups in total. The summed E-state index contributed by atoms with van der Waals surface area (Å²) < 4.78 is 13.2. The summed E-state index contributed by atoms with van der Waals surface area (Å²) in [6.07, 6.45) is 0. The molecule has 128 valence electrons. The van der Waals surface area contributed by atoms with Gasteiger partial charge < -0.3 is 0 Å². The summed E-state index contributed by atoms with van der Waals surface area (Å²) in [6, 6.07) is 18.9. The summed E-state index contributed by atoms with van der Waals surface area (Å²) in [4.78, 5) is 4.66. The van der Waals surface area contributed by atoms with E-state index in [9.17, 15) is 4.39 Å². The molecule has 0 amide bonds. The molecular formula is C20H12Cl2FN3. The molecule has 1 heterocycles. The lowest BCUT2D eigenvalue weighted by atomic mass is 10.0. The fourth-order valence-electron chi connectivity index (χ4n) is 2.67. The highest BCUT2D eigenvalue weighted by Gasteiger charge is 2.17. The third kappa shape index (κ3) is 3.34. The van der Waals surface area contributed by atoms with E-state index in [1.165, 1.54) is 12.1 Å². The molecule has 4 rings (SSSR count). The predicted octanol–water partition coefficient (Wildman–Crippen LogP) is 5.57. The van der Waals surface area contributed by atoms with Crippen LogP contribution in [0.25, 0.3) is 0 Å². The molecule has 0 radical (unpaired) electrons. The van der Waals surface area contributed by atoms with E-state index in [1.54, 1.807) is 30.3 Å². The maximum Gasteiger partial charge on any atom is 0.154 e. The third-order valence-electron chi connectivity index (χ3n) is 3.95. The van der Waals surface area contributed by atoms with Crippen LogP contribution in [-0.4, -0.2) is 11.5 Å². The summed E-state index contributed by atoms with van der Waals surface area (Å²) in [5.41, 5.74) is 6.80. The minimum Gasteiger partial charge on any atom is -0.260 e. The van der Waals surface area contributed by atoms with Gasteiger partial charge in [0.1, 0.15) is 11.5 Å². The quantitative estimate of drug-likeness (QED) is 0.617. The van der Waals surface area contributed by atoms with Crippen molar-refractivity contribution in [3.05, 3.63) is 99.3 Å². The molecule has 3 aromatic carbocycles. The van der Waals surface area contributed by atoms with Crippen LogP contribution < -0.4 is 5.43 Å². The Morgan fingerprint density at radius 1 is 0.769 bits per heavy atom. The summed E-state index contributed by atoms with van der Waals surface area (Å²) >= 11 is 12.2. The Bertz CT molecular complexity index is 1030. The van der Waals surface area contributed by atoms with Crippen LogP contribution in [0.3, 0.4) is 0 Å². The Labute approximate surface area is 159 Å². The normalized spacial score (nSPS) is 13.2. The highest BCUT2D eigenvalue weighted by atomic mass is 35.5. The number of halogens is 3. The topological polar surface area (TPSA) is 36.8 Å². The van der Waals surface area contributed by atoms with Crippen LogP contribution in [0.4, 0.5) is 10.1 Å². The largest absolute Gasteiger partial charge is 0.260 e.